The Hall–Kier alpha value is -4.77. The fourth-order valence-corrected chi connectivity index (χ4v) is 4.50. The molecule has 11 heteroatoms. The smallest absolute Gasteiger partial charge is 0.270 e. The number of nitro groups is 1. The number of aromatic nitrogens is 2. The average Bonchev–Trinajstić information content (AvgIpc) is 3.45. The molecule has 0 atom stereocenters. The number of imide groups is 1. The number of carbonyl (C=O) groups is 3. The molecule has 3 amide bonds. The second kappa shape index (κ2) is 8.88. The maximum Gasteiger partial charge on any atom is 0.270 e. The van der Waals surface area contributed by atoms with E-state index in [4.69, 9.17) is 0 Å². The molecule has 35 heavy (non-hydrogen) atoms. The number of nitro benzene ring substituents is 1. The predicted molar refractivity (Wildman–Crippen MR) is 128 cm³/mol. The number of non-ortho nitro benzene ring substituents is 1. The number of benzene rings is 2. The van der Waals surface area contributed by atoms with E-state index in [1.54, 1.807) is 30.6 Å². The lowest BCUT2D eigenvalue weighted by molar-refractivity contribution is -0.384. The highest BCUT2D eigenvalue weighted by atomic mass is 32.1. The molecule has 4 aromatic rings. The lowest BCUT2D eigenvalue weighted by Gasteiger charge is -2.14. The second-order valence-electron chi connectivity index (χ2n) is 7.59. The summed E-state index contributed by atoms with van der Waals surface area (Å²) in [6, 6.07) is 14.2. The Morgan fingerprint density at radius 2 is 1.77 bits per heavy atom. The molecule has 2 aromatic heterocycles. The summed E-state index contributed by atoms with van der Waals surface area (Å²) < 4.78 is 0. The number of thiazole rings is 1. The van der Waals surface area contributed by atoms with Gasteiger partial charge in [-0.05, 0) is 30.3 Å². The van der Waals surface area contributed by atoms with Gasteiger partial charge in [-0.15, -0.1) is 11.3 Å². The Balaban J connectivity index is 1.29. The van der Waals surface area contributed by atoms with Crippen molar-refractivity contribution in [3.8, 4) is 21.8 Å². The van der Waals surface area contributed by atoms with Gasteiger partial charge in [0, 0.05) is 46.7 Å². The van der Waals surface area contributed by atoms with E-state index >= 15 is 0 Å². The number of anilines is 1. The van der Waals surface area contributed by atoms with E-state index in [2.05, 4.69) is 15.3 Å². The summed E-state index contributed by atoms with van der Waals surface area (Å²) in [5, 5.41) is 16.4. The Labute approximate surface area is 202 Å². The highest BCUT2D eigenvalue weighted by Crippen LogP contribution is 2.30. The van der Waals surface area contributed by atoms with Crippen LogP contribution in [0.25, 0.3) is 21.8 Å². The molecular formula is C24H15N5O5S. The lowest BCUT2D eigenvalue weighted by Crippen LogP contribution is -2.37. The highest BCUT2D eigenvalue weighted by molar-refractivity contribution is 7.13. The van der Waals surface area contributed by atoms with E-state index in [9.17, 15) is 24.5 Å². The Morgan fingerprint density at radius 3 is 2.54 bits per heavy atom. The van der Waals surface area contributed by atoms with Crippen LogP contribution >= 0.6 is 11.3 Å². The number of hydrogen-bond donors (Lipinski definition) is 1. The van der Waals surface area contributed by atoms with Crippen molar-refractivity contribution in [3.63, 3.8) is 0 Å². The molecule has 0 saturated carbocycles. The zero-order valence-electron chi connectivity index (χ0n) is 17.9. The number of pyridine rings is 1. The molecule has 0 unspecified atom stereocenters. The van der Waals surface area contributed by atoms with Gasteiger partial charge in [-0.25, -0.2) is 4.98 Å². The molecule has 1 aliphatic heterocycles. The van der Waals surface area contributed by atoms with Crippen molar-refractivity contribution >= 4 is 40.4 Å². The molecule has 5 rings (SSSR count). The summed E-state index contributed by atoms with van der Waals surface area (Å²) in [6.45, 7) is -0.521. The van der Waals surface area contributed by atoms with Crippen LogP contribution in [0.2, 0.25) is 0 Å². The van der Waals surface area contributed by atoms with E-state index in [0.717, 1.165) is 38.9 Å². The Bertz CT molecular complexity index is 1500. The predicted octanol–water partition coefficient (Wildman–Crippen LogP) is 4.02. The molecule has 1 N–H and O–H groups in total. The monoisotopic (exact) mass is 485 g/mol. The number of fused-ring (bicyclic) bond motifs is 1. The van der Waals surface area contributed by atoms with E-state index in [-0.39, 0.29) is 16.8 Å². The van der Waals surface area contributed by atoms with E-state index in [1.165, 1.54) is 17.4 Å². The zero-order valence-corrected chi connectivity index (χ0v) is 18.7. The van der Waals surface area contributed by atoms with Crippen molar-refractivity contribution in [3.05, 3.63) is 93.6 Å². The summed E-state index contributed by atoms with van der Waals surface area (Å²) in [7, 11) is 0. The number of amides is 3. The minimum absolute atomic E-state index is 0.0314. The largest absolute Gasteiger partial charge is 0.325 e. The molecule has 1 aliphatic rings. The maximum atomic E-state index is 12.6. The summed E-state index contributed by atoms with van der Waals surface area (Å²) >= 11 is 1.49. The van der Waals surface area contributed by atoms with Gasteiger partial charge in [0.15, 0.2) is 0 Å². The first-order valence-corrected chi connectivity index (χ1v) is 11.2. The van der Waals surface area contributed by atoms with Gasteiger partial charge in [0.05, 0.1) is 21.7 Å². The number of nitrogens with zero attached hydrogens (tertiary/aromatic N) is 4. The average molecular weight is 485 g/mol. The van der Waals surface area contributed by atoms with Crippen LogP contribution in [0.5, 0.6) is 0 Å². The highest BCUT2D eigenvalue weighted by Gasteiger charge is 2.37. The van der Waals surface area contributed by atoms with Crippen molar-refractivity contribution in [2.24, 2.45) is 0 Å². The molecular weight excluding hydrogens is 470 g/mol. The van der Waals surface area contributed by atoms with E-state index in [1.807, 2.05) is 23.6 Å². The molecule has 172 valence electrons. The van der Waals surface area contributed by atoms with Crippen molar-refractivity contribution in [1.82, 2.24) is 14.9 Å². The summed E-state index contributed by atoms with van der Waals surface area (Å²) in [5.41, 5.74) is 2.58. The first-order chi connectivity index (χ1) is 16.9. The van der Waals surface area contributed by atoms with Crippen LogP contribution in [0, 0.1) is 10.1 Å². The van der Waals surface area contributed by atoms with Crippen molar-refractivity contribution in [1.29, 1.82) is 0 Å². The van der Waals surface area contributed by atoms with Crippen LogP contribution < -0.4 is 5.32 Å². The first-order valence-electron chi connectivity index (χ1n) is 10.3. The number of carbonyl (C=O) groups excluding carboxylic acids is 3. The first kappa shape index (κ1) is 22.0. The van der Waals surface area contributed by atoms with Crippen LogP contribution in [0.1, 0.15) is 20.7 Å². The third-order valence-electron chi connectivity index (χ3n) is 5.34. The standard InChI is InChI=1S/C24H15N5O5S/c30-21(12-28-23(31)18-5-4-17(29(33)34)11-19(18)24(28)32)26-16-3-1-2-15(10-16)20-13-35-22(27-20)14-6-8-25-9-7-14/h1-11,13H,12H2,(H,26,30). The van der Waals surface area contributed by atoms with Gasteiger partial charge in [-0.3, -0.25) is 34.4 Å². The fourth-order valence-electron chi connectivity index (χ4n) is 3.67. The third kappa shape index (κ3) is 4.27. The van der Waals surface area contributed by atoms with Crippen LogP contribution in [0.4, 0.5) is 11.4 Å². The summed E-state index contributed by atoms with van der Waals surface area (Å²) in [6.07, 6.45) is 3.39. The molecule has 0 radical (unpaired) electrons. The molecule has 3 heterocycles. The third-order valence-corrected chi connectivity index (χ3v) is 6.23. The molecule has 0 saturated heterocycles. The summed E-state index contributed by atoms with van der Waals surface area (Å²) in [4.78, 5) is 57.6. The SMILES string of the molecule is O=C(CN1C(=O)c2ccc([N+](=O)[O-])cc2C1=O)Nc1cccc(-c2csc(-c3ccncc3)n2)c1. The van der Waals surface area contributed by atoms with Crippen LogP contribution in [0.3, 0.4) is 0 Å². The molecule has 2 aromatic carbocycles. The van der Waals surface area contributed by atoms with Crippen LogP contribution in [0.15, 0.2) is 72.4 Å². The quantitative estimate of drug-likeness (QED) is 0.248. The number of hydrogen-bond acceptors (Lipinski definition) is 8. The number of rotatable bonds is 6. The van der Waals surface area contributed by atoms with Crippen molar-refractivity contribution in [2.75, 3.05) is 11.9 Å². The van der Waals surface area contributed by atoms with Crippen LogP contribution in [-0.2, 0) is 4.79 Å². The molecule has 0 bridgehead atoms. The van der Waals surface area contributed by atoms with E-state index in [0.29, 0.717) is 5.69 Å². The minimum atomic E-state index is -0.747. The molecule has 0 fully saturated rings. The van der Waals surface area contributed by atoms with Gasteiger partial charge >= 0.3 is 0 Å². The number of nitrogens with one attached hydrogen (secondary N) is 1. The van der Waals surface area contributed by atoms with Gasteiger partial charge in [0.1, 0.15) is 11.6 Å². The van der Waals surface area contributed by atoms with Gasteiger partial charge in [0.2, 0.25) is 5.91 Å². The second-order valence-corrected chi connectivity index (χ2v) is 8.44. The Kier molecular flexibility index (Phi) is 5.59. The van der Waals surface area contributed by atoms with Gasteiger partial charge in [-0.2, -0.15) is 0 Å². The molecule has 0 spiro atoms. The normalized spacial score (nSPS) is 12.5. The Morgan fingerprint density at radius 1 is 1.00 bits per heavy atom. The molecule has 0 aliphatic carbocycles. The van der Waals surface area contributed by atoms with Gasteiger partial charge in [0.25, 0.3) is 17.5 Å². The van der Waals surface area contributed by atoms with Crippen LogP contribution in [-0.4, -0.2) is 44.1 Å². The molecule has 10 nitrogen and oxygen atoms in total. The fraction of sp³-hybridized carbons (Fsp3) is 0.0417. The van der Waals surface area contributed by atoms with E-state index < -0.39 is 29.2 Å². The minimum Gasteiger partial charge on any atom is -0.325 e. The van der Waals surface area contributed by atoms with Gasteiger partial charge < -0.3 is 5.32 Å². The lowest BCUT2D eigenvalue weighted by atomic mass is 10.1. The zero-order chi connectivity index (χ0) is 24.5. The van der Waals surface area contributed by atoms with Crippen molar-refractivity contribution in [2.45, 2.75) is 0 Å². The summed E-state index contributed by atoms with van der Waals surface area (Å²) in [5.74, 6) is -2.00. The topological polar surface area (TPSA) is 135 Å². The van der Waals surface area contributed by atoms with Crippen molar-refractivity contribution < 1.29 is 19.3 Å². The van der Waals surface area contributed by atoms with Gasteiger partial charge in [-0.1, -0.05) is 12.1 Å². The maximum absolute atomic E-state index is 12.6.